The molecule has 0 aliphatic carbocycles. The molecule has 2 unspecified atom stereocenters. The van der Waals surface area contributed by atoms with Gasteiger partial charge in [0.05, 0.1) is 11.2 Å². The van der Waals surface area contributed by atoms with Crippen molar-refractivity contribution in [3.05, 3.63) is 15.6 Å². The largest absolute Gasteiger partial charge is 0.316 e. The number of rotatable bonds is 4. The normalized spacial score (nSPS) is 28.6. The molecule has 3 nitrogen and oxygen atoms in total. The minimum atomic E-state index is 0.0862. The van der Waals surface area contributed by atoms with E-state index >= 15 is 0 Å². The zero-order chi connectivity index (χ0) is 13.2. The maximum absolute atomic E-state index is 4.92. The molecule has 0 aromatic carbocycles. The molecule has 102 valence electrons. The molecule has 18 heavy (non-hydrogen) atoms. The first-order valence-corrected chi connectivity index (χ1v) is 7.86. The molecule has 1 aliphatic rings. The highest BCUT2D eigenvalue weighted by Gasteiger charge is 2.42. The highest BCUT2D eigenvalue weighted by atomic mass is 32.1. The lowest BCUT2D eigenvalue weighted by Gasteiger charge is -2.42. The summed E-state index contributed by atoms with van der Waals surface area (Å²) < 4.78 is 0. The molecular weight excluding hydrogens is 242 g/mol. The lowest BCUT2D eigenvalue weighted by Crippen LogP contribution is -2.55. The first kappa shape index (κ1) is 14.0. The topological polar surface area (TPSA) is 37.0 Å². The second kappa shape index (κ2) is 5.68. The number of hydrogen-bond acceptors (Lipinski definition) is 4. The summed E-state index contributed by atoms with van der Waals surface area (Å²) in [6.07, 6.45) is 3.36. The van der Waals surface area contributed by atoms with Gasteiger partial charge in [-0.25, -0.2) is 4.98 Å². The molecule has 1 fully saturated rings. The van der Waals surface area contributed by atoms with Gasteiger partial charge in [0.1, 0.15) is 5.01 Å². The van der Waals surface area contributed by atoms with Gasteiger partial charge in [0.2, 0.25) is 0 Å². The van der Waals surface area contributed by atoms with Gasteiger partial charge in [0.25, 0.3) is 0 Å². The van der Waals surface area contributed by atoms with Gasteiger partial charge in [-0.05, 0) is 45.7 Å². The smallest absolute Gasteiger partial charge is 0.114 e. The van der Waals surface area contributed by atoms with E-state index in [0.29, 0.717) is 5.92 Å². The molecule has 0 bridgehead atoms. The van der Waals surface area contributed by atoms with Gasteiger partial charge >= 0.3 is 0 Å². The summed E-state index contributed by atoms with van der Waals surface area (Å²) >= 11 is 1.89. The second-order valence-corrected chi connectivity index (χ2v) is 6.36. The van der Waals surface area contributed by atoms with Crippen LogP contribution in [0.1, 0.15) is 42.3 Å². The number of thiazole rings is 1. The van der Waals surface area contributed by atoms with Crippen LogP contribution in [0.4, 0.5) is 0 Å². The van der Waals surface area contributed by atoms with Gasteiger partial charge in [-0.1, -0.05) is 13.8 Å². The molecule has 0 radical (unpaired) electrons. The maximum atomic E-state index is 4.92. The van der Waals surface area contributed by atoms with Crippen LogP contribution in [0, 0.1) is 12.8 Å². The fourth-order valence-corrected chi connectivity index (χ4v) is 4.40. The summed E-state index contributed by atoms with van der Waals surface area (Å²) in [6.45, 7) is 8.85. The van der Waals surface area contributed by atoms with Gasteiger partial charge in [-0.15, -0.1) is 11.3 Å². The fourth-order valence-electron chi connectivity index (χ4n) is 3.10. The summed E-state index contributed by atoms with van der Waals surface area (Å²) in [5.41, 5.74) is 1.36. The van der Waals surface area contributed by atoms with E-state index in [0.717, 1.165) is 25.9 Å². The molecule has 2 heterocycles. The molecule has 2 rings (SSSR count). The van der Waals surface area contributed by atoms with Crippen LogP contribution >= 0.6 is 11.3 Å². The van der Waals surface area contributed by atoms with E-state index in [1.54, 1.807) is 0 Å². The number of aryl methyl sites for hydroxylation is 2. The van der Waals surface area contributed by atoms with Crippen molar-refractivity contribution in [3.8, 4) is 0 Å². The third kappa shape index (κ3) is 2.22. The van der Waals surface area contributed by atoms with E-state index in [-0.39, 0.29) is 5.54 Å². The summed E-state index contributed by atoms with van der Waals surface area (Å²) in [7, 11) is 2.09. The highest BCUT2D eigenvalue weighted by Crippen LogP contribution is 2.39. The average molecular weight is 267 g/mol. The molecule has 1 aliphatic heterocycles. The first-order chi connectivity index (χ1) is 8.67. The molecule has 2 atom stereocenters. The molecule has 0 amide bonds. The minimum Gasteiger partial charge on any atom is -0.316 e. The molecule has 0 spiro atoms. The Hall–Kier alpha value is -0.450. The lowest BCUT2D eigenvalue weighted by molar-refractivity contribution is 0.159. The van der Waals surface area contributed by atoms with Gasteiger partial charge in [-0.2, -0.15) is 0 Å². The zero-order valence-corrected chi connectivity index (χ0v) is 12.8. The quantitative estimate of drug-likeness (QED) is 0.880. The number of nitrogens with zero attached hydrogens (tertiary/aromatic N) is 1. The van der Waals surface area contributed by atoms with Crippen molar-refractivity contribution in [3.63, 3.8) is 0 Å². The van der Waals surface area contributed by atoms with Crippen LogP contribution in [-0.4, -0.2) is 25.1 Å². The summed E-state index contributed by atoms with van der Waals surface area (Å²) in [5, 5.41) is 8.42. The van der Waals surface area contributed by atoms with E-state index in [9.17, 15) is 0 Å². The van der Waals surface area contributed by atoms with Crippen LogP contribution in [0.3, 0.4) is 0 Å². The van der Waals surface area contributed by atoms with Crippen molar-refractivity contribution >= 4 is 11.3 Å². The van der Waals surface area contributed by atoms with Gasteiger partial charge < -0.3 is 10.6 Å². The maximum Gasteiger partial charge on any atom is 0.114 e. The molecule has 2 N–H and O–H groups in total. The Balaban J connectivity index is 2.40. The van der Waals surface area contributed by atoms with Crippen LogP contribution in [0.15, 0.2) is 0 Å². The van der Waals surface area contributed by atoms with Crippen molar-refractivity contribution in [2.75, 3.05) is 20.1 Å². The standard InChI is InChI=1S/C14H25N3S/c1-5-11-9-16-8-7-14(11,15-4)13-17-12(6-2)10(3)18-13/h11,15-16H,5-9H2,1-4H3. The predicted molar refractivity (Wildman–Crippen MR) is 78.2 cm³/mol. The van der Waals surface area contributed by atoms with Crippen molar-refractivity contribution in [1.29, 1.82) is 0 Å². The van der Waals surface area contributed by atoms with E-state index < -0.39 is 0 Å². The minimum absolute atomic E-state index is 0.0862. The summed E-state index contributed by atoms with van der Waals surface area (Å²) in [5.74, 6) is 0.631. The number of nitrogens with one attached hydrogen (secondary N) is 2. The Bertz CT molecular complexity index is 402. The van der Waals surface area contributed by atoms with Crippen LogP contribution in [0.2, 0.25) is 0 Å². The third-order valence-corrected chi connectivity index (χ3v) is 5.52. The Morgan fingerprint density at radius 2 is 2.28 bits per heavy atom. The highest BCUT2D eigenvalue weighted by molar-refractivity contribution is 7.11. The second-order valence-electron chi connectivity index (χ2n) is 5.16. The van der Waals surface area contributed by atoms with E-state index in [1.165, 1.54) is 22.0 Å². The fraction of sp³-hybridized carbons (Fsp3) is 0.786. The van der Waals surface area contributed by atoms with E-state index in [4.69, 9.17) is 4.98 Å². The number of aromatic nitrogens is 1. The lowest BCUT2D eigenvalue weighted by atomic mass is 9.77. The van der Waals surface area contributed by atoms with Gasteiger partial charge in [0.15, 0.2) is 0 Å². The molecule has 1 saturated heterocycles. The van der Waals surface area contributed by atoms with Crippen molar-refractivity contribution < 1.29 is 0 Å². The predicted octanol–water partition coefficient (Wildman–Crippen LogP) is 2.45. The summed E-state index contributed by atoms with van der Waals surface area (Å²) in [6, 6.07) is 0. The molecule has 0 saturated carbocycles. The van der Waals surface area contributed by atoms with E-state index in [1.807, 2.05) is 11.3 Å². The van der Waals surface area contributed by atoms with Gasteiger partial charge in [0, 0.05) is 11.4 Å². The Morgan fingerprint density at radius 3 is 2.83 bits per heavy atom. The monoisotopic (exact) mass is 267 g/mol. The van der Waals surface area contributed by atoms with Crippen LogP contribution in [0.5, 0.6) is 0 Å². The molecule has 1 aromatic heterocycles. The van der Waals surface area contributed by atoms with Crippen LogP contribution < -0.4 is 10.6 Å². The number of piperidine rings is 1. The van der Waals surface area contributed by atoms with Gasteiger partial charge in [-0.3, -0.25) is 0 Å². The summed E-state index contributed by atoms with van der Waals surface area (Å²) in [4.78, 5) is 6.31. The molecule has 4 heteroatoms. The van der Waals surface area contributed by atoms with Crippen molar-refractivity contribution in [1.82, 2.24) is 15.6 Å². The van der Waals surface area contributed by atoms with Crippen molar-refractivity contribution in [2.45, 2.75) is 45.6 Å². The zero-order valence-electron chi connectivity index (χ0n) is 12.0. The van der Waals surface area contributed by atoms with Crippen LogP contribution in [-0.2, 0) is 12.0 Å². The first-order valence-electron chi connectivity index (χ1n) is 7.04. The van der Waals surface area contributed by atoms with Crippen molar-refractivity contribution in [2.24, 2.45) is 5.92 Å². The van der Waals surface area contributed by atoms with E-state index in [2.05, 4.69) is 38.5 Å². The molecule has 1 aromatic rings. The average Bonchev–Trinajstić information content (AvgIpc) is 2.80. The Labute approximate surface area is 114 Å². The Morgan fingerprint density at radius 1 is 1.50 bits per heavy atom. The third-order valence-electron chi connectivity index (χ3n) is 4.33. The SMILES string of the molecule is CCc1nc(C2(NC)CCNCC2CC)sc1C. The Kier molecular flexibility index (Phi) is 4.41. The van der Waals surface area contributed by atoms with Crippen LogP contribution in [0.25, 0.3) is 0 Å². The number of hydrogen-bond donors (Lipinski definition) is 2. The molecular formula is C14H25N3S.